The lowest BCUT2D eigenvalue weighted by molar-refractivity contribution is -0.139. The molecule has 2 amide bonds. The Morgan fingerprint density at radius 2 is 1.61 bits per heavy atom. The molecule has 0 N–H and O–H groups in total. The molecule has 0 atom stereocenters. The van der Waals surface area contributed by atoms with Crippen molar-refractivity contribution in [2.24, 2.45) is 0 Å². The Labute approximate surface area is 175 Å². The minimum atomic E-state index is 0.0588. The fourth-order valence-corrected chi connectivity index (χ4v) is 3.78. The molecule has 1 fully saturated rings. The van der Waals surface area contributed by atoms with E-state index < -0.39 is 0 Å². The van der Waals surface area contributed by atoms with E-state index in [2.05, 4.69) is 5.10 Å². The van der Waals surface area contributed by atoms with Gasteiger partial charge in [-0.1, -0.05) is 30.1 Å². The van der Waals surface area contributed by atoms with Gasteiger partial charge in [-0.3, -0.25) is 9.59 Å². The fourth-order valence-electron chi connectivity index (χ4n) is 3.49. The molecular weight excluding hydrogens is 399 g/mol. The van der Waals surface area contributed by atoms with Gasteiger partial charge in [0.15, 0.2) is 0 Å². The number of hydrogen-bond acceptors (Lipinski definition) is 3. The fraction of sp³-hybridized carbons (Fsp3) is 0.450. The summed E-state index contributed by atoms with van der Waals surface area (Å²) in [5.74, 6) is 0.199. The van der Waals surface area contributed by atoms with Gasteiger partial charge in [-0.25, -0.2) is 4.68 Å². The lowest BCUT2D eigenvalue weighted by Gasteiger charge is -2.34. The Bertz CT molecular complexity index is 902. The molecule has 1 aliphatic heterocycles. The third-order valence-electron chi connectivity index (χ3n) is 5.20. The van der Waals surface area contributed by atoms with Crippen LogP contribution in [-0.4, -0.2) is 57.6 Å². The molecule has 1 aromatic heterocycles. The number of aryl methyl sites for hydroxylation is 1. The van der Waals surface area contributed by atoms with E-state index in [1.54, 1.807) is 16.8 Å². The first-order valence-electron chi connectivity index (χ1n) is 9.37. The van der Waals surface area contributed by atoms with Crippen LogP contribution in [0.15, 0.2) is 18.2 Å². The predicted molar refractivity (Wildman–Crippen MR) is 110 cm³/mol. The van der Waals surface area contributed by atoms with Gasteiger partial charge in [0.1, 0.15) is 0 Å². The Morgan fingerprint density at radius 1 is 1.00 bits per heavy atom. The van der Waals surface area contributed by atoms with Crippen LogP contribution in [0.3, 0.4) is 0 Å². The molecule has 6 nitrogen and oxygen atoms in total. The first-order valence-corrected chi connectivity index (χ1v) is 10.1. The number of aromatic nitrogens is 2. The minimum Gasteiger partial charge on any atom is -0.339 e. The first kappa shape index (κ1) is 20.7. The van der Waals surface area contributed by atoms with Crippen molar-refractivity contribution in [3.63, 3.8) is 0 Å². The number of carbonyl (C=O) groups excluding carboxylic acids is 2. The summed E-state index contributed by atoms with van der Waals surface area (Å²) >= 11 is 12.1. The zero-order valence-electron chi connectivity index (χ0n) is 16.3. The number of amides is 2. The lowest BCUT2D eigenvalue weighted by Crippen LogP contribution is -2.50. The van der Waals surface area contributed by atoms with Crippen LogP contribution in [0.5, 0.6) is 0 Å². The second-order valence-corrected chi connectivity index (χ2v) is 7.77. The summed E-state index contributed by atoms with van der Waals surface area (Å²) in [5.41, 5.74) is 3.45. The zero-order valence-corrected chi connectivity index (χ0v) is 17.8. The summed E-state index contributed by atoms with van der Waals surface area (Å²) in [6.45, 7) is 8.05. The van der Waals surface area contributed by atoms with E-state index in [1.807, 2.05) is 36.6 Å². The van der Waals surface area contributed by atoms with Gasteiger partial charge in [0, 0.05) is 43.9 Å². The van der Waals surface area contributed by atoms with Crippen LogP contribution in [0.4, 0.5) is 0 Å². The van der Waals surface area contributed by atoms with Crippen LogP contribution in [-0.2, 0) is 16.0 Å². The zero-order chi connectivity index (χ0) is 20.4. The van der Waals surface area contributed by atoms with Crippen molar-refractivity contribution in [1.29, 1.82) is 0 Å². The molecule has 8 heteroatoms. The summed E-state index contributed by atoms with van der Waals surface area (Å²) in [4.78, 5) is 28.3. The van der Waals surface area contributed by atoms with Crippen LogP contribution in [0.1, 0.15) is 30.3 Å². The summed E-state index contributed by atoms with van der Waals surface area (Å²) in [7, 11) is 0. The molecule has 0 saturated carbocycles. The molecule has 0 unspecified atom stereocenters. The summed E-state index contributed by atoms with van der Waals surface area (Å²) < 4.78 is 1.79. The Balaban J connectivity index is 1.73. The maximum atomic E-state index is 12.8. The van der Waals surface area contributed by atoms with Gasteiger partial charge in [0.25, 0.3) is 0 Å². The van der Waals surface area contributed by atoms with Crippen molar-refractivity contribution in [2.45, 2.75) is 33.6 Å². The molecule has 1 saturated heterocycles. The van der Waals surface area contributed by atoms with Gasteiger partial charge in [-0.15, -0.1) is 0 Å². The molecule has 3 rings (SSSR count). The second kappa shape index (κ2) is 8.53. The molecule has 2 heterocycles. The Morgan fingerprint density at radius 3 is 2.18 bits per heavy atom. The van der Waals surface area contributed by atoms with Crippen molar-refractivity contribution in [3.8, 4) is 5.69 Å². The number of piperazine rings is 1. The van der Waals surface area contributed by atoms with Crippen molar-refractivity contribution in [2.75, 3.05) is 26.2 Å². The van der Waals surface area contributed by atoms with Crippen molar-refractivity contribution in [1.82, 2.24) is 19.6 Å². The highest BCUT2D eigenvalue weighted by atomic mass is 35.5. The average Bonchev–Trinajstić information content (AvgIpc) is 2.97. The number of rotatable bonds is 4. The van der Waals surface area contributed by atoms with Crippen molar-refractivity contribution >= 4 is 35.0 Å². The quantitative estimate of drug-likeness (QED) is 0.758. The highest BCUT2D eigenvalue weighted by Gasteiger charge is 2.25. The Hall–Kier alpha value is -2.05. The third-order valence-corrected chi connectivity index (χ3v) is 5.94. The van der Waals surface area contributed by atoms with Crippen LogP contribution in [0, 0.1) is 13.8 Å². The highest BCUT2D eigenvalue weighted by molar-refractivity contribution is 6.42. The van der Waals surface area contributed by atoms with E-state index in [-0.39, 0.29) is 11.8 Å². The molecule has 28 heavy (non-hydrogen) atoms. The molecule has 0 spiro atoms. The lowest BCUT2D eigenvalue weighted by atomic mass is 10.1. The number of nitrogens with zero attached hydrogens (tertiary/aromatic N) is 4. The molecule has 0 radical (unpaired) electrons. The van der Waals surface area contributed by atoms with E-state index in [0.29, 0.717) is 49.1 Å². The smallest absolute Gasteiger partial charge is 0.227 e. The average molecular weight is 423 g/mol. The molecule has 1 aliphatic rings. The van der Waals surface area contributed by atoms with E-state index >= 15 is 0 Å². The topological polar surface area (TPSA) is 58.4 Å². The molecule has 2 aromatic rings. The van der Waals surface area contributed by atoms with Crippen molar-refractivity contribution in [3.05, 3.63) is 45.2 Å². The number of halogens is 2. The third kappa shape index (κ3) is 4.18. The summed E-state index contributed by atoms with van der Waals surface area (Å²) in [5, 5.41) is 5.54. The molecular formula is C20H24Cl2N4O2. The maximum Gasteiger partial charge on any atom is 0.227 e. The highest BCUT2D eigenvalue weighted by Crippen LogP contribution is 2.26. The summed E-state index contributed by atoms with van der Waals surface area (Å²) in [6.07, 6.45) is 0.793. The van der Waals surface area contributed by atoms with Crippen LogP contribution >= 0.6 is 23.2 Å². The van der Waals surface area contributed by atoms with E-state index in [9.17, 15) is 9.59 Å². The van der Waals surface area contributed by atoms with E-state index in [1.165, 1.54) is 0 Å². The second-order valence-electron chi connectivity index (χ2n) is 6.95. The molecule has 1 aromatic carbocycles. The molecule has 0 bridgehead atoms. The molecule has 0 aliphatic carbocycles. The van der Waals surface area contributed by atoms with Gasteiger partial charge in [-0.2, -0.15) is 5.10 Å². The summed E-state index contributed by atoms with van der Waals surface area (Å²) in [6, 6.07) is 5.35. The minimum absolute atomic E-state index is 0.0588. The van der Waals surface area contributed by atoms with Crippen LogP contribution in [0.2, 0.25) is 10.0 Å². The largest absolute Gasteiger partial charge is 0.339 e. The molecule has 150 valence electrons. The van der Waals surface area contributed by atoms with Gasteiger partial charge in [-0.05, 0) is 32.0 Å². The van der Waals surface area contributed by atoms with Crippen LogP contribution in [0.25, 0.3) is 5.69 Å². The normalized spacial score (nSPS) is 14.5. The van der Waals surface area contributed by atoms with E-state index in [4.69, 9.17) is 23.2 Å². The maximum absolute atomic E-state index is 12.8. The number of benzene rings is 1. The first-order chi connectivity index (χ1) is 13.3. The van der Waals surface area contributed by atoms with Gasteiger partial charge in [0.2, 0.25) is 11.8 Å². The van der Waals surface area contributed by atoms with Crippen LogP contribution < -0.4 is 0 Å². The standard InChI is InChI=1S/C20H24Cl2N4O2/c1-4-19(27)24-7-9-25(10-8-24)20(28)12-16-13(2)23-26(14(16)3)15-5-6-17(21)18(22)11-15/h5-6,11H,4,7-10,12H2,1-3H3. The van der Waals surface area contributed by atoms with E-state index in [0.717, 1.165) is 22.6 Å². The van der Waals surface area contributed by atoms with Gasteiger partial charge < -0.3 is 9.80 Å². The van der Waals surface area contributed by atoms with Crippen molar-refractivity contribution < 1.29 is 9.59 Å². The van der Waals surface area contributed by atoms with Gasteiger partial charge in [0.05, 0.1) is 27.8 Å². The number of carbonyl (C=O) groups is 2. The SMILES string of the molecule is CCC(=O)N1CCN(C(=O)Cc2c(C)nn(-c3ccc(Cl)c(Cl)c3)c2C)CC1. The number of hydrogen-bond donors (Lipinski definition) is 0. The van der Waals surface area contributed by atoms with Gasteiger partial charge >= 0.3 is 0 Å². The monoisotopic (exact) mass is 422 g/mol. The predicted octanol–water partition coefficient (Wildman–Crippen LogP) is 3.42. The Kier molecular flexibility index (Phi) is 6.30.